The van der Waals surface area contributed by atoms with Crippen LogP contribution in [0.1, 0.15) is 36.5 Å². The molecule has 0 bridgehead atoms. The first-order valence-corrected chi connectivity index (χ1v) is 18.3. The molecule has 0 aliphatic carbocycles. The lowest BCUT2D eigenvalue weighted by Gasteiger charge is -2.39. The van der Waals surface area contributed by atoms with Gasteiger partial charge in [-0.05, 0) is 89.3 Å². The van der Waals surface area contributed by atoms with Crippen molar-refractivity contribution < 1.29 is 35.8 Å². The van der Waals surface area contributed by atoms with Crippen LogP contribution in [0, 0.1) is 0 Å². The molecule has 10 heteroatoms. The monoisotopic (exact) mass is 770 g/mol. The molecule has 2 heterocycles. The number of anilines is 6. The van der Waals surface area contributed by atoms with Gasteiger partial charge in [-0.1, -0.05) is 98.8 Å². The Morgan fingerprint density at radius 3 is 1.02 bits per heavy atom. The molecule has 0 saturated carbocycles. The van der Waals surface area contributed by atoms with Crippen LogP contribution in [0.25, 0.3) is 22.3 Å². The maximum Gasteiger partial charge on any atom is 0.417 e. The summed E-state index contributed by atoms with van der Waals surface area (Å²) in [6.45, 7) is 3.59. The second-order valence-corrected chi connectivity index (χ2v) is 14.1. The molecule has 0 aromatic heterocycles. The number of ether oxygens (including phenoxy) is 2. The van der Waals surface area contributed by atoms with E-state index in [-0.39, 0.29) is 22.3 Å². The van der Waals surface area contributed by atoms with Gasteiger partial charge in [-0.25, -0.2) is 0 Å². The van der Waals surface area contributed by atoms with E-state index < -0.39 is 29.4 Å². The molecule has 0 saturated heterocycles. The molecule has 0 N–H and O–H groups in total. The molecule has 0 spiro atoms. The highest BCUT2D eigenvalue weighted by Crippen LogP contribution is 2.61. The summed E-state index contributed by atoms with van der Waals surface area (Å²) in [6.07, 6.45) is -9.62. The second kappa shape index (κ2) is 13.5. The van der Waals surface area contributed by atoms with Crippen LogP contribution in [0.3, 0.4) is 0 Å². The lowest BCUT2D eigenvalue weighted by Crippen LogP contribution is -2.22. The first kappa shape index (κ1) is 36.0. The maximum atomic E-state index is 15.3. The molecule has 0 radical (unpaired) electrons. The van der Waals surface area contributed by atoms with Gasteiger partial charge in [0.1, 0.15) is 0 Å². The third kappa shape index (κ3) is 6.03. The molecule has 7 aromatic rings. The summed E-state index contributed by atoms with van der Waals surface area (Å²) in [5, 5.41) is 0. The number of halogens is 6. The van der Waals surface area contributed by atoms with Crippen LogP contribution in [0.2, 0.25) is 0 Å². The average molecular weight is 771 g/mol. The highest BCUT2D eigenvalue weighted by atomic mass is 19.4. The summed E-state index contributed by atoms with van der Waals surface area (Å²) < 4.78 is 104. The fraction of sp³-hybridized carbons (Fsp3) is 0.106. The van der Waals surface area contributed by atoms with Gasteiger partial charge >= 0.3 is 12.4 Å². The number of para-hydroxylation sites is 8. The Morgan fingerprint density at radius 2 is 0.702 bits per heavy atom. The summed E-state index contributed by atoms with van der Waals surface area (Å²) in [6, 6.07) is 40.9. The predicted molar refractivity (Wildman–Crippen MR) is 211 cm³/mol. The zero-order valence-electron chi connectivity index (χ0n) is 30.5. The van der Waals surface area contributed by atoms with Gasteiger partial charge in [0.2, 0.25) is 0 Å². The highest BCUT2D eigenvalue weighted by molar-refractivity contribution is 6.05. The van der Waals surface area contributed by atoms with Crippen molar-refractivity contribution in [2.45, 2.75) is 32.1 Å². The molecular formula is C47H32F6N2O2. The molecule has 0 fully saturated rings. The Hall–Kier alpha value is -6.68. The Kier molecular flexibility index (Phi) is 8.53. The molecule has 284 valence electrons. The normalized spacial score (nSPS) is 13.3. The molecule has 2 aliphatic rings. The van der Waals surface area contributed by atoms with Crippen LogP contribution in [-0.4, -0.2) is 0 Å². The topological polar surface area (TPSA) is 24.9 Å². The van der Waals surface area contributed by atoms with Crippen molar-refractivity contribution in [3.05, 3.63) is 168 Å². The minimum Gasteiger partial charge on any atom is -0.453 e. The van der Waals surface area contributed by atoms with Crippen molar-refractivity contribution in [3.63, 3.8) is 0 Å². The lowest BCUT2D eigenvalue weighted by molar-refractivity contribution is -0.137. The van der Waals surface area contributed by atoms with Crippen molar-refractivity contribution in [1.29, 1.82) is 0 Å². The lowest BCUT2D eigenvalue weighted by atomic mass is 9.80. The number of nitrogens with zero attached hydrogens (tertiary/aromatic N) is 2. The molecule has 0 atom stereocenters. The Balaban J connectivity index is 1.53. The summed E-state index contributed by atoms with van der Waals surface area (Å²) in [5.41, 5.74) is 1.12. The van der Waals surface area contributed by atoms with Crippen LogP contribution in [0.15, 0.2) is 152 Å². The van der Waals surface area contributed by atoms with Gasteiger partial charge in [0, 0.05) is 11.1 Å². The predicted octanol–water partition coefficient (Wildman–Crippen LogP) is 15.3. The first-order chi connectivity index (χ1) is 27.4. The number of hydrogen-bond acceptors (Lipinski definition) is 4. The molecule has 0 amide bonds. The maximum absolute atomic E-state index is 15.3. The minimum atomic E-state index is -4.81. The van der Waals surface area contributed by atoms with E-state index in [2.05, 4.69) is 0 Å². The van der Waals surface area contributed by atoms with E-state index in [1.807, 2.05) is 34.1 Å². The third-order valence-electron chi connectivity index (χ3n) is 10.3. The molecule has 7 aromatic carbocycles. The van der Waals surface area contributed by atoms with Gasteiger partial charge in [0.15, 0.2) is 23.0 Å². The fourth-order valence-electron chi connectivity index (χ4n) is 8.00. The van der Waals surface area contributed by atoms with Gasteiger partial charge < -0.3 is 19.3 Å². The summed E-state index contributed by atoms with van der Waals surface area (Å²) in [4.78, 5) is 3.70. The molecule has 9 rings (SSSR count). The number of rotatable bonds is 5. The van der Waals surface area contributed by atoms with Gasteiger partial charge in [-0.15, -0.1) is 0 Å². The molecular weight excluding hydrogens is 739 g/mol. The van der Waals surface area contributed by atoms with Crippen molar-refractivity contribution in [2.75, 3.05) is 9.80 Å². The van der Waals surface area contributed by atoms with E-state index in [1.54, 1.807) is 92.7 Å². The standard InChI is InChI=1S/C47H32F6N2O2/c1-28(2)43-44(29-15-3-5-17-31(29)46(48,49)50)37(54-33-19-7-11-23-39(33)56-40-24-12-8-20-34(40)54)27-38(45(43)30-16-4-6-18-32(30)47(51,52)53)55-35-21-9-13-25-41(35)57-42-26-14-10-22-36(42)55/h3-28H,1-2H3. The van der Waals surface area contributed by atoms with E-state index in [0.717, 1.165) is 12.1 Å². The Bertz CT molecular complexity index is 2420. The van der Waals surface area contributed by atoms with Gasteiger partial charge in [-0.2, -0.15) is 26.3 Å². The van der Waals surface area contributed by atoms with Crippen molar-refractivity contribution >= 4 is 34.1 Å². The van der Waals surface area contributed by atoms with Gasteiger partial charge in [-0.3, -0.25) is 0 Å². The summed E-state index contributed by atoms with van der Waals surface area (Å²) >= 11 is 0. The molecule has 4 nitrogen and oxygen atoms in total. The Labute approximate surface area is 324 Å². The van der Waals surface area contributed by atoms with Gasteiger partial charge in [0.05, 0.1) is 45.3 Å². The zero-order chi connectivity index (χ0) is 39.6. The number of hydrogen-bond donors (Lipinski definition) is 0. The first-order valence-electron chi connectivity index (χ1n) is 18.3. The van der Waals surface area contributed by atoms with E-state index in [9.17, 15) is 0 Å². The second-order valence-electron chi connectivity index (χ2n) is 14.1. The van der Waals surface area contributed by atoms with E-state index in [4.69, 9.17) is 9.47 Å². The van der Waals surface area contributed by atoms with E-state index >= 15 is 26.3 Å². The van der Waals surface area contributed by atoms with Crippen molar-refractivity contribution in [1.82, 2.24) is 0 Å². The van der Waals surface area contributed by atoms with E-state index in [1.165, 1.54) is 36.4 Å². The summed E-state index contributed by atoms with van der Waals surface area (Å²) in [7, 11) is 0. The smallest absolute Gasteiger partial charge is 0.417 e. The number of fused-ring (bicyclic) bond motifs is 4. The number of benzene rings is 7. The third-order valence-corrected chi connectivity index (χ3v) is 10.3. The molecule has 57 heavy (non-hydrogen) atoms. The Morgan fingerprint density at radius 1 is 0.404 bits per heavy atom. The summed E-state index contributed by atoms with van der Waals surface area (Å²) in [5.74, 6) is 1.19. The van der Waals surface area contributed by atoms with Gasteiger partial charge in [0.25, 0.3) is 0 Å². The molecule has 2 aliphatic heterocycles. The quantitative estimate of drug-likeness (QED) is 0.163. The van der Waals surface area contributed by atoms with Crippen LogP contribution < -0.4 is 19.3 Å². The van der Waals surface area contributed by atoms with Crippen LogP contribution in [0.4, 0.5) is 60.5 Å². The van der Waals surface area contributed by atoms with Crippen LogP contribution in [-0.2, 0) is 12.4 Å². The minimum absolute atomic E-state index is 0.134. The molecule has 0 unspecified atom stereocenters. The average Bonchev–Trinajstić information content (AvgIpc) is 3.20. The van der Waals surface area contributed by atoms with Crippen LogP contribution in [0.5, 0.6) is 23.0 Å². The van der Waals surface area contributed by atoms with Crippen molar-refractivity contribution in [3.8, 4) is 45.3 Å². The zero-order valence-corrected chi connectivity index (χ0v) is 30.5. The number of alkyl halides is 6. The highest BCUT2D eigenvalue weighted by Gasteiger charge is 2.41. The van der Waals surface area contributed by atoms with Crippen LogP contribution >= 0.6 is 0 Å². The van der Waals surface area contributed by atoms with E-state index in [0.29, 0.717) is 62.7 Å². The largest absolute Gasteiger partial charge is 0.453 e. The van der Waals surface area contributed by atoms with Crippen molar-refractivity contribution in [2.24, 2.45) is 0 Å². The SMILES string of the molecule is CC(C)c1c(-c2ccccc2C(F)(F)F)c(N2c3ccccc3Oc3ccccc32)cc(N2c3ccccc3Oc3ccccc32)c1-c1ccccc1C(F)(F)F. The fourth-order valence-corrected chi connectivity index (χ4v) is 8.00.